The zero-order valence-corrected chi connectivity index (χ0v) is 32.5. The van der Waals surface area contributed by atoms with Crippen LogP contribution in [0.15, 0.2) is 12.1 Å². The van der Waals surface area contributed by atoms with Crippen LogP contribution in [0, 0.1) is 0 Å². The van der Waals surface area contributed by atoms with Gasteiger partial charge < -0.3 is 5.73 Å². The molecule has 1 aromatic carbocycles. The molecule has 0 aliphatic heterocycles. The van der Waals surface area contributed by atoms with Gasteiger partial charge in [-0.15, -0.1) is 0 Å². The number of nitrogen functional groups attached to an aromatic ring is 1. The van der Waals surface area contributed by atoms with E-state index in [0.29, 0.717) is 10.3 Å². The second-order valence-electron chi connectivity index (χ2n) is 17.6. The predicted octanol–water partition coefficient (Wildman–Crippen LogP) is 9.78. The number of benzene rings is 1. The largest absolute Gasteiger partial charge is 0.398 e. The Labute approximate surface area is 221 Å². The molecule has 1 rings (SSSR count). The van der Waals surface area contributed by atoms with Crippen LogP contribution >= 0.6 is 0 Å². The number of hydrogen-bond donors (Lipinski definition) is 1. The Morgan fingerprint density at radius 2 is 0.618 bits per heavy atom. The monoisotopic (exact) mass is 567 g/mol. The lowest BCUT2D eigenvalue weighted by Gasteiger charge is -2.45. The quantitative estimate of drug-likeness (QED) is 0.233. The van der Waals surface area contributed by atoms with Crippen LogP contribution in [0.1, 0.15) is 32.2 Å². The van der Waals surface area contributed by atoms with Crippen molar-refractivity contribution in [3.63, 3.8) is 0 Å². The molecular formula is C27H61NSi6. The minimum atomic E-state index is -1.47. The number of hydrogen-bond acceptors (Lipinski definition) is 1. The molecule has 34 heavy (non-hydrogen) atoms. The lowest BCUT2D eigenvalue weighted by Crippen LogP contribution is -2.50. The summed E-state index contributed by atoms with van der Waals surface area (Å²) in [6, 6.07) is 5.35. The van der Waals surface area contributed by atoms with Gasteiger partial charge in [-0.1, -0.05) is 130 Å². The van der Waals surface area contributed by atoms with Crippen molar-refractivity contribution >= 4 is 54.1 Å². The van der Waals surface area contributed by atoms with Crippen LogP contribution in [0.3, 0.4) is 0 Å². The first-order valence-corrected chi connectivity index (χ1v) is 35.0. The summed E-state index contributed by atoms with van der Waals surface area (Å²) in [6.45, 7) is 46.7. The first-order valence-electron chi connectivity index (χ1n) is 13.5. The van der Waals surface area contributed by atoms with E-state index in [1.165, 1.54) is 5.69 Å². The van der Waals surface area contributed by atoms with Crippen molar-refractivity contribution in [3.05, 3.63) is 28.8 Å². The fourth-order valence-corrected chi connectivity index (χ4v) is 46.3. The van der Waals surface area contributed by atoms with E-state index in [4.69, 9.17) is 5.73 Å². The highest BCUT2D eigenvalue weighted by atomic mass is 28.4. The highest BCUT2D eigenvalue weighted by molar-refractivity contribution is 6.98. The van der Waals surface area contributed by atoms with Gasteiger partial charge in [0.1, 0.15) is 0 Å². The summed E-state index contributed by atoms with van der Waals surface area (Å²) in [5.74, 6) is 0. The van der Waals surface area contributed by atoms with Crippen LogP contribution in [0.5, 0.6) is 0 Å². The molecule has 0 heterocycles. The lowest BCUT2D eigenvalue weighted by molar-refractivity contribution is 1.09. The van der Waals surface area contributed by atoms with Gasteiger partial charge >= 0.3 is 0 Å². The standard InChI is InChI=1S/C27H61NSi6/c1-29(2,3)25(30(4,5)6)21-19-22(26(31(7,8)9)32(10,11)12)24(28)23(20-21)27(33(13,14)15)34(16,17)18/h19-20,25-27H,28H2,1-18H3. The molecule has 0 aliphatic rings. The fraction of sp³-hybridized carbons (Fsp3) is 0.778. The Bertz CT molecular complexity index is 757. The number of nitrogens with two attached hydrogens (primary N) is 1. The van der Waals surface area contributed by atoms with E-state index in [1.54, 1.807) is 16.7 Å². The number of rotatable bonds is 9. The average molecular weight is 568 g/mol. The first kappa shape index (κ1) is 32.4. The molecule has 0 amide bonds. The second-order valence-corrected chi connectivity index (χ2v) is 51.2. The SMILES string of the molecule is C[Si](C)(C)C(c1cc(C([Si](C)(C)C)[Si](C)(C)C)c(N)c(C([Si](C)(C)C)[Si](C)(C)C)c1)[Si](C)(C)C. The fourth-order valence-electron chi connectivity index (χ4n) is 8.13. The van der Waals surface area contributed by atoms with Crippen LogP contribution in [0.4, 0.5) is 5.69 Å². The molecule has 0 bridgehead atoms. The van der Waals surface area contributed by atoms with E-state index in [9.17, 15) is 0 Å². The van der Waals surface area contributed by atoms with Gasteiger partial charge in [-0.05, 0) is 32.2 Å². The maximum absolute atomic E-state index is 7.37. The van der Waals surface area contributed by atoms with Crippen LogP contribution in [-0.4, -0.2) is 48.4 Å². The third-order valence-corrected chi connectivity index (χ3v) is 35.3. The van der Waals surface area contributed by atoms with E-state index in [0.717, 1.165) is 5.16 Å². The van der Waals surface area contributed by atoms with E-state index in [2.05, 4.69) is 130 Å². The summed E-state index contributed by atoms with van der Waals surface area (Å²) in [6.07, 6.45) is 0. The molecule has 0 aliphatic carbocycles. The third kappa shape index (κ3) is 7.66. The van der Waals surface area contributed by atoms with Crippen molar-refractivity contribution in [2.45, 2.75) is 133 Å². The van der Waals surface area contributed by atoms with Gasteiger partial charge in [-0.2, -0.15) is 0 Å². The van der Waals surface area contributed by atoms with E-state index < -0.39 is 48.4 Å². The van der Waals surface area contributed by atoms with Crippen molar-refractivity contribution in [1.82, 2.24) is 0 Å². The zero-order chi connectivity index (χ0) is 27.5. The normalized spacial score (nSPS) is 15.1. The molecule has 0 spiro atoms. The van der Waals surface area contributed by atoms with Crippen LogP contribution in [-0.2, 0) is 0 Å². The molecule has 0 unspecified atom stereocenters. The van der Waals surface area contributed by atoms with E-state index in [-0.39, 0.29) is 0 Å². The maximum atomic E-state index is 7.37. The molecule has 2 N–H and O–H groups in total. The number of anilines is 1. The highest BCUT2D eigenvalue weighted by Gasteiger charge is 2.46. The summed E-state index contributed by atoms with van der Waals surface area (Å²) < 4.78 is 0. The maximum Gasteiger partial charge on any atom is 0.0494 e. The minimum Gasteiger partial charge on any atom is -0.398 e. The Morgan fingerprint density at radius 3 is 0.794 bits per heavy atom. The Kier molecular flexibility index (Phi) is 9.41. The van der Waals surface area contributed by atoms with Gasteiger partial charge in [0.25, 0.3) is 0 Å². The molecule has 0 radical (unpaired) electrons. The lowest BCUT2D eigenvalue weighted by atomic mass is 10.0. The zero-order valence-electron chi connectivity index (χ0n) is 26.5. The Hall–Kier alpha value is 0.321. The van der Waals surface area contributed by atoms with Crippen molar-refractivity contribution in [3.8, 4) is 0 Å². The minimum absolute atomic E-state index is 0.687. The van der Waals surface area contributed by atoms with Crippen molar-refractivity contribution in [2.24, 2.45) is 0 Å². The molecule has 0 saturated carbocycles. The summed E-state index contributed by atoms with van der Waals surface area (Å²) in [4.78, 5) is 0. The van der Waals surface area contributed by atoms with Gasteiger partial charge in [0.05, 0.1) is 0 Å². The van der Waals surface area contributed by atoms with Crippen molar-refractivity contribution < 1.29 is 0 Å². The predicted molar refractivity (Wildman–Crippen MR) is 179 cm³/mol. The molecule has 1 nitrogen and oxygen atoms in total. The van der Waals surface area contributed by atoms with E-state index in [1.807, 2.05) is 0 Å². The molecular weight excluding hydrogens is 507 g/mol. The Morgan fingerprint density at radius 1 is 0.412 bits per heavy atom. The highest BCUT2D eigenvalue weighted by Crippen LogP contribution is 2.47. The summed E-state index contributed by atoms with van der Waals surface area (Å²) in [7, 11) is -8.69. The summed E-state index contributed by atoms with van der Waals surface area (Å²) in [5, 5.41) is 2.13. The van der Waals surface area contributed by atoms with Crippen LogP contribution in [0.2, 0.25) is 118 Å². The molecule has 0 fully saturated rings. The first-order chi connectivity index (χ1) is 14.6. The smallest absolute Gasteiger partial charge is 0.0494 e. The Balaban J connectivity index is 4.31. The van der Waals surface area contributed by atoms with Gasteiger partial charge in [0.2, 0.25) is 0 Å². The van der Waals surface area contributed by atoms with Crippen LogP contribution < -0.4 is 5.73 Å². The average Bonchev–Trinajstić information content (AvgIpc) is 2.42. The molecule has 7 heteroatoms. The molecule has 0 atom stereocenters. The van der Waals surface area contributed by atoms with E-state index >= 15 is 0 Å². The molecule has 198 valence electrons. The molecule has 0 saturated heterocycles. The van der Waals surface area contributed by atoms with Crippen molar-refractivity contribution in [2.75, 3.05) is 5.73 Å². The van der Waals surface area contributed by atoms with Crippen LogP contribution in [0.25, 0.3) is 0 Å². The van der Waals surface area contributed by atoms with Gasteiger partial charge in [0.15, 0.2) is 0 Å². The summed E-state index contributed by atoms with van der Waals surface area (Å²) in [5.41, 5.74) is 13.4. The molecule has 1 aromatic rings. The van der Waals surface area contributed by atoms with Gasteiger partial charge in [-0.3, -0.25) is 0 Å². The summed E-state index contributed by atoms with van der Waals surface area (Å²) >= 11 is 0. The van der Waals surface area contributed by atoms with Gasteiger partial charge in [-0.25, -0.2) is 0 Å². The topological polar surface area (TPSA) is 26.0 Å². The molecule has 0 aromatic heterocycles. The third-order valence-electron chi connectivity index (χ3n) is 7.42. The van der Waals surface area contributed by atoms with Gasteiger partial charge in [0, 0.05) is 54.1 Å². The van der Waals surface area contributed by atoms with Crippen molar-refractivity contribution in [1.29, 1.82) is 0 Å². The second kappa shape index (κ2) is 9.89.